The molecule has 1 aromatic carbocycles. The van der Waals surface area contributed by atoms with Crippen LogP contribution in [0.5, 0.6) is 5.75 Å². The van der Waals surface area contributed by atoms with Gasteiger partial charge < -0.3 is 10.1 Å². The lowest BCUT2D eigenvalue weighted by Crippen LogP contribution is -2.64. The maximum absolute atomic E-state index is 13.5. The molecular formula is C24H23F3N4O4S. The Kier molecular flexibility index (Phi) is 6.01. The summed E-state index contributed by atoms with van der Waals surface area (Å²) in [4.78, 5) is 17.2. The summed E-state index contributed by atoms with van der Waals surface area (Å²) in [5, 5.41) is 7.55. The maximum Gasteiger partial charge on any atom is 0.387 e. The number of carbonyl (C=O) groups excluding carboxylic acids is 1. The fourth-order valence-electron chi connectivity index (χ4n) is 4.97. The van der Waals surface area contributed by atoms with Crippen LogP contribution in [0.2, 0.25) is 0 Å². The highest BCUT2D eigenvalue weighted by Crippen LogP contribution is 2.36. The van der Waals surface area contributed by atoms with E-state index in [1.165, 1.54) is 24.3 Å². The second-order valence-electron chi connectivity index (χ2n) is 9.45. The van der Waals surface area contributed by atoms with Crippen molar-refractivity contribution < 1.29 is 31.1 Å². The van der Waals surface area contributed by atoms with Gasteiger partial charge >= 0.3 is 6.61 Å². The standard InChI is InChI=1S/C24H23F3N4O4S/c1-24(12-36(33,34)13-24)29-22(32)15-5-7-18-19(10-15)31(20-8-6-16(25)11-28-20)30-21(18)14-3-2-4-17(9-14)35-23(26)27/h2-4,6,8-9,11,15,23H,5,7,10,12-13H2,1H3,(H,29,32)/t15-/m1/s1. The van der Waals surface area contributed by atoms with Crippen molar-refractivity contribution in [2.45, 2.75) is 38.3 Å². The van der Waals surface area contributed by atoms with E-state index in [9.17, 15) is 26.4 Å². The number of hydrogen-bond donors (Lipinski definition) is 1. The molecule has 0 saturated carbocycles. The van der Waals surface area contributed by atoms with Crippen LogP contribution in [0.3, 0.4) is 0 Å². The molecule has 1 saturated heterocycles. The van der Waals surface area contributed by atoms with Crippen LogP contribution in [0.1, 0.15) is 24.6 Å². The zero-order valence-corrected chi connectivity index (χ0v) is 20.1. The van der Waals surface area contributed by atoms with Crippen molar-refractivity contribution in [3.05, 3.63) is 59.7 Å². The smallest absolute Gasteiger partial charge is 0.387 e. The largest absolute Gasteiger partial charge is 0.435 e. The zero-order valence-electron chi connectivity index (χ0n) is 19.2. The van der Waals surface area contributed by atoms with Gasteiger partial charge in [0.25, 0.3) is 0 Å². The van der Waals surface area contributed by atoms with Gasteiger partial charge in [-0.3, -0.25) is 4.79 Å². The third kappa shape index (κ3) is 4.81. The molecule has 2 aromatic heterocycles. The quantitative estimate of drug-likeness (QED) is 0.536. The van der Waals surface area contributed by atoms with Crippen LogP contribution in [0, 0.1) is 11.7 Å². The van der Waals surface area contributed by atoms with Gasteiger partial charge in [0.05, 0.1) is 34.6 Å². The van der Waals surface area contributed by atoms with E-state index < -0.39 is 33.7 Å². The number of benzene rings is 1. The number of nitrogens with zero attached hydrogens (tertiary/aromatic N) is 3. The predicted molar refractivity (Wildman–Crippen MR) is 124 cm³/mol. The summed E-state index contributed by atoms with van der Waals surface area (Å²) >= 11 is 0. The molecule has 8 nitrogen and oxygen atoms in total. The molecule has 1 aliphatic heterocycles. The van der Waals surface area contributed by atoms with Gasteiger partial charge in [-0.05, 0) is 44.0 Å². The molecule has 0 bridgehead atoms. The normalized spacial score (nSPS) is 19.9. The molecule has 1 amide bonds. The van der Waals surface area contributed by atoms with Gasteiger partial charge in [0.15, 0.2) is 15.7 Å². The van der Waals surface area contributed by atoms with Crippen LogP contribution in [0.25, 0.3) is 17.1 Å². The Morgan fingerprint density at radius 2 is 2.03 bits per heavy atom. The Hall–Kier alpha value is -3.41. The van der Waals surface area contributed by atoms with Crippen molar-refractivity contribution in [3.63, 3.8) is 0 Å². The Morgan fingerprint density at radius 1 is 1.25 bits per heavy atom. The third-order valence-corrected chi connectivity index (χ3v) is 8.56. The van der Waals surface area contributed by atoms with E-state index in [2.05, 4.69) is 20.1 Å². The van der Waals surface area contributed by atoms with Crippen molar-refractivity contribution in [3.8, 4) is 22.8 Å². The summed E-state index contributed by atoms with van der Waals surface area (Å²) in [5.74, 6) is -1.05. The molecule has 12 heteroatoms. The van der Waals surface area contributed by atoms with E-state index in [0.29, 0.717) is 42.0 Å². The highest BCUT2D eigenvalue weighted by Gasteiger charge is 2.46. The highest BCUT2D eigenvalue weighted by molar-refractivity contribution is 7.93. The van der Waals surface area contributed by atoms with E-state index in [1.807, 2.05) is 0 Å². The summed E-state index contributed by atoms with van der Waals surface area (Å²) < 4.78 is 68.3. The topological polar surface area (TPSA) is 103 Å². The number of carbonyl (C=O) groups is 1. The van der Waals surface area contributed by atoms with Gasteiger partial charge in [-0.2, -0.15) is 13.9 Å². The number of aromatic nitrogens is 3. The highest BCUT2D eigenvalue weighted by atomic mass is 32.2. The van der Waals surface area contributed by atoms with Crippen LogP contribution >= 0.6 is 0 Å². The Morgan fingerprint density at radius 3 is 2.69 bits per heavy atom. The summed E-state index contributed by atoms with van der Waals surface area (Å²) in [5.41, 5.74) is 1.83. The van der Waals surface area contributed by atoms with Gasteiger partial charge in [0.1, 0.15) is 11.6 Å². The molecule has 1 N–H and O–H groups in total. The predicted octanol–water partition coefficient (Wildman–Crippen LogP) is 3.08. The summed E-state index contributed by atoms with van der Waals surface area (Å²) in [6.45, 7) is -1.26. The molecule has 1 atom stereocenters. The SMILES string of the molecule is CC1(NC(=O)[C@@H]2CCc3c(-c4cccc(OC(F)F)c4)nn(-c4ccc(F)cn4)c3C2)CS(=O)(=O)C1. The third-order valence-electron chi connectivity index (χ3n) is 6.41. The van der Waals surface area contributed by atoms with E-state index in [1.54, 1.807) is 23.7 Å². The van der Waals surface area contributed by atoms with E-state index in [-0.39, 0.29) is 23.2 Å². The summed E-state index contributed by atoms with van der Waals surface area (Å²) in [6.07, 6.45) is 2.32. The lowest BCUT2D eigenvalue weighted by atomic mass is 9.84. The second kappa shape index (κ2) is 8.91. The number of alkyl halides is 2. The van der Waals surface area contributed by atoms with E-state index in [0.717, 1.165) is 11.8 Å². The number of fused-ring (bicyclic) bond motifs is 1. The van der Waals surface area contributed by atoms with Crippen LogP contribution < -0.4 is 10.1 Å². The number of halogens is 3. The van der Waals surface area contributed by atoms with Crippen LogP contribution in [-0.4, -0.2) is 52.7 Å². The fourth-order valence-corrected chi connectivity index (χ4v) is 6.97. The number of amides is 1. The lowest BCUT2D eigenvalue weighted by molar-refractivity contribution is -0.126. The first-order valence-electron chi connectivity index (χ1n) is 11.3. The molecular weight excluding hydrogens is 497 g/mol. The molecule has 36 heavy (non-hydrogen) atoms. The fraction of sp³-hybridized carbons (Fsp3) is 0.375. The first-order chi connectivity index (χ1) is 17.0. The van der Waals surface area contributed by atoms with Crippen molar-refractivity contribution in [2.24, 2.45) is 5.92 Å². The van der Waals surface area contributed by atoms with Crippen molar-refractivity contribution in [1.29, 1.82) is 0 Å². The van der Waals surface area contributed by atoms with Gasteiger partial charge in [-0.25, -0.2) is 22.5 Å². The number of pyridine rings is 1. The van der Waals surface area contributed by atoms with Gasteiger partial charge in [0.2, 0.25) is 5.91 Å². The number of hydrogen-bond acceptors (Lipinski definition) is 6. The molecule has 0 spiro atoms. The lowest BCUT2D eigenvalue weighted by Gasteiger charge is -2.39. The number of sulfone groups is 1. The molecule has 1 aliphatic carbocycles. The van der Waals surface area contributed by atoms with Crippen LogP contribution in [0.15, 0.2) is 42.6 Å². The number of nitrogens with one attached hydrogen (secondary N) is 1. The Balaban J connectivity index is 1.49. The Bertz CT molecular complexity index is 1410. The van der Waals surface area contributed by atoms with Crippen molar-refractivity contribution in [2.75, 3.05) is 11.5 Å². The summed E-state index contributed by atoms with van der Waals surface area (Å²) in [6, 6.07) is 8.90. The van der Waals surface area contributed by atoms with Gasteiger partial charge in [0, 0.05) is 23.5 Å². The molecule has 2 aliphatic rings. The monoisotopic (exact) mass is 520 g/mol. The molecule has 1 fully saturated rings. The summed E-state index contributed by atoms with van der Waals surface area (Å²) in [7, 11) is -3.12. The Labute approximate surface area is 205 Å². The van der Waals surface area contributed by atoms with E-state index >= 15 is 0 Å². The van der Waals surface area contributed by atoms with Crippen molar-refractivity contribution >= 4 is 15.7 Å². The first-order valence-corrected chi connectivity index (χ1v) is 13.1. The number of rotatable bonds is 6. The molecule has 5 rings (SSSR count). The minimum atomic E-state index is -3.12. The zero-order chi connectivity index (χ0) is 25.7. The van der Waals surface area contributed by atoms with Gasteiger partial charge in [-0.15, -0.1) is 0 Å². The molecule has 0 unspecified atom stereocenters. The second-order valence-corrected chi connectivity index (χ2v) is 11.5. The average Bonchev–Trinajstić information content (AvgIpc) is 3.16. The molecule has 190 valence electrons. The van der Waals surface area contributed by atoms with Crippen LogP contribution in [-0.2, 0) is 27.5 Å². The minimum absolute atomic E-state index is 0.0116. The van der Waals surface area contributed by atoms with Crippen LogP contribution in [0.4, 0.5) is 13.2 Å². The maximum atomic E-state index is 13.5. The molecule has 0 radical (unpaired) electrons. The molecule has 3 aromatic rings. The van der Waals surface area contributed by atoms with E-state index in [4.69, 9.17) is 0 Å². The molecule has 3 heterocycles. The average molecular weight is 521 g/mol. The van der Waals surface area contributed by atoms with Gasteiger partial charge in [-0.1, -0.05) is 12.1 Å². The minimum Gasteiger partial charge on any atom is -0.435 e. The number of ether oxygens (including phenoxy) is 1. The first kappa shape index (κ1) is 24.3. The van der Waals surface area contributed by atoms with Crippen molar-refractivity contribution in [1.82, 2.24) is 20.1 Å².